The zero-order valence-corrected chi connectivity index (χ0v) is 21.5. The molecule has 1 aliphatic carbocycles. The number of nitrogens with one attached hydrogen (secondary N) is 1. The second kappa shape index (κ2) is 11.6. The standard InChI is InChI=1S/C30H36N4O3/c1-23(33(20-24-10-4-2-5-11-24)21-25-12-6-3-7-13-25)22-37-30(36)32-18-16-26(17-19-32)34-28-15-9-8-14-27(28)31-29(34)35/h2-6,8-12,14-15,23,26H,7,13,16-22H2,1H3,(H,31,35)/t23-/m0/s1. The van der Waals surface area contributed by atoms with Crippen LogP contribution < -0.4 is 5.69 Å². The van der Waals surface area contributed by atoms with E-state index in [2.05, 4.69) is 59.3 Å². The maximum absolute atomic E-state index is 12.9. The predicted molar refractivity (Wildman–Crippen MR) is 147 cm³/mol. The van der Waals surface area contributed by atoms with Gasteiger partial charge in [-0.25, -0.2) is 9.59 Å². The lowest BCUT2D eigenvalue weighted by Crippen LogP contribution is -2.43. The van der Waals surface area contributed by atoms with Crippen molar-refractivity contribution in [3.05, 3.63) is 94.4 Å². The molecular weight excluding hydrogens is 464 g/mol. The lowest BCUT2D eigenvalue weighted by molar-refractivity contribution is 0.0611. The molecule has 1 saturated heterocycles. The maximum Gasteiger partial charge on any atom is 0.409 e. The molecule has 194 valence electrons. The smallest absolute Gasteiger partial charge is 0.409 e. The second-order valence-corrected chi connectivity index (χ2v) is 10.1. The van der Waals surface area contributed by atoms with Crippen LogP contribution in [0.5, 0.6) is 0 Å². The number of carbonyl (C=O) groups excluding carboxylic acids is 1. The van der Waals surface area contributed by atoms with Crippen LogP contribution in [0.1, 0.15) is 44.2 Å². The highest BCUT2D eigenvalue weighted by Gasteiger charge is 2.27. The van der Waals surface area contributed by atoms with Crippen LogP contribution in [0.3, 0.4) is 0 Å². The molecule has 0 radical (unpaired) electrons. The molecule has 2 aromatic carbocycles. The van der Waals surface area contributed by atoms with E-state index in [-0.39, 0.29) is 23.9 Å². The van der Waals surface area contributed by atoms with Crippen LogP contribution in [0.2, 0.25) is 0 Å². The fraction of sp³-hybridized carbons (Fsp3) is 0.400. The predicted octanol–water partition coefficient (Wildman–Crippen LogP) is 5.27. The minimum Gasteiger partial charge on any atom is -0.448 e. The number of fused-ring (bicyclic) bond motifs is 1. The van der Waals surface area contributed by atoms with Crippen LogP contribution >= 0.6 is 0 Å². The van der Waals surface area contributed by atoms with E-state index in [0.29, 0.717) is 19.7 Å². The number of piperidine rings is 1. The number of hydrogen-bond acceptors (Lipinski definition) is 4. The number of nitrogens with zero attached hydrogens (tertiary/aromatic N) is 3. The summed E-state index contributed by atoms with van der Waals surface area (Å²) in [5.41, 5.74) is 4.35. The Balaban J connectivity index is 1.17. The molecule has 0 saturated carbocycles. The number of hydrogen-bond donors (Lipinski definition) is 1. The normalized spacial score (nSPS) is 17.2. The topological polar surface area (TPSA) is 70.6 Å². The molecule has 0 bridgehead atoms. The Morgan fingerprint density at radius 2 is 1.84 bits per heavy atom. The van der Waals surface area contributed by atoms with Crippen molar-refractivity contribution in [1.82, 2.24) is 19.4 Å². The van der Waals surface area contributed by atoms with E-state index in [1.807, 2.05) is 34.9 Å². The van der Waals surface area contributed by atoms with Crippen LogP contribution in [0.4, 0.5) is 4.79 Å². The van der Waals surface area contributed by atoms with Crippen molar-refractivity contribution in [2.45, 2.75) is 51.2 Å². The molecule has 2 aliphatic rings. The number of rotatable bonds is 8. The van der Waals surface area contributed by atoms with Gasteiger partial charge >= 0.3 is 11.8 Å². The number of carbonyl (C=O) groups is 1. The average Bonchev–Trinajstić information content (AvgIpc) is 3.28. The van der Waals surface area contributed by atoms with E-state index < -0.39 is 0 Å². The number of likely N-dealkylation sites (tertiary alicyclic amines) is 1. The molecule has 2 heterocycles. The van der Waals surface area contributed by atoms with Gasteiger partial charge in [-0.3, -0.25) is 9.47 Å². The minimum absolute atomic E-state index is 0.0748. The average molecular weight is 501 g/mol. The third kappa shape index (κ3) is 6.05. The monoisotopic (exact) mass is 500 g/mol. The minimum atomic E-state index is -0.268. The number of aromatic amines is 1. The van der Waals surface area contributed by atoms with Crippen molar-refractivity contribution < 1.29 is 9.53 Å². The van der Waals surface area contributed by atoms with E-state index in [0.717, 1.165) is 49.8 Å². The van der Waals surface area contributed by atoms with Crippen LogP contribution in [-0.2, 0) is 11.3 Å². The first kappa shape index (κ1) is 25.1. The molecule has 1 aromatic heterocycles. The van der Waals surface area contributed by atoms with E-state index in [1.165, 1.54) is 11.1 Å². The molecule has 5 rings (SSSR count). The van der Waals surface area contributed by atoms with Gasteiger partial charge in [0.15, 0.2) is 0 Å². The molecule has 3 aromatic rings. The van der Waals surface area contributed by atoms with Crippen molar-refractivity contribution in [1.29, 1.82) is 0 Å². The SMILES string of the molecule is C[C@@H](COC(=O)N1CCC(n2c(=O)[nH]c3ccccc32)CC1)N(CC1=CC=CCC1)Cc1ccccc1. The van der Waals surface area contributed by atoms with Gasteiger partial charge < -0.3 is 14.6 Å². The summed E-state index contributed by atoms with van der Waals surface area (Å²) in [6.45, 7) is 5.31. The van der Waals surface area contributed by atoms with E-state index in [1.54, 1.807) is 4.90 Å². The number of H-pyrrole nitrogens is 1. The highest BCUT2D eigenvalue weighted by atomic mass is 16.6. The molecule has 7 nitrogen and oxygen atoms in total. The zero-order valence-electron chi connectivity index (χ0n) is 21.5. The van der Waals surface area contributed by atoms with Crippen molar-refractivity contribution >= 4 is 17.1 Å². The van der Waals surface area contributed by atoms with Crippen LogP contribution in [-0.4, -0.2) is 57.7 Å². The molecular formula is C30H36N4O3. The van der Waals surface area contributed by atoms with Gasteiger partial charge in [0, 0.05) is 38.3 Å². The first-order valence-corrected chi connectivity index (χ1v) is 13.3. The number of benzene rings is 2. The molecule has 0 unspecified atom stereocenters. The number of imidazole rings is 1. The fourth-order valence-electron chi connectivity index (χ4n) is 5.36. The number of ether oxygens (including phenoxy) is 1. The molecule has 1 N–H and O–H groups in total. The molecule has 1 atom stereocenters. The molecule has 37 heavy (non-hydrogen) atoms. The third-order valence-electron chi connectivity index (χ3n) is 7.52. The van der Waals surface area contributed by atoms with E-state index >= 15 is 0 Å². The second-order valence-electron chi connectivity index (χ2n) is 10.1. The Kier molecular flexibility index (Phi) is 7.90. The van der Waals surface area contributed by atoms with Crippen LogP contribution in [0.25, 0.3) is 11.0 Å². The van der Waals surface area contributed by atoms with Gasteiger partial charge in [-0.2, -0.15) is 0 Å². The Hall–Kier alpha value is -3.58. The summed E-state index contributed by atoms with van der Waals surface area (Å²) in [5.74, 6) is 0. The summed E-state index contributed by atoms with van der Waals surface area (Å²) in [7, 11) is 0. The van der Waals surface area contributed by atoms with Crippen molar-refractivity contribution in [2.24, 2.45) is 0 Å². The number of para-hydroxylation sites is 2. The molecule has 1 aliphatic heterocycles. The van der Waals surface area contributed by atoms with Gasteiger partial charge in [0.05, 0.1) is 11.0 Å². The molecule has 1 amide bonds. The lowest BCUT2D eigenvalue weighted by Gasteiger charge is -2.33. The number of allylic oxidation sites excluding steroid dienone is 3. The van der Waals surface area contributed by atoms with Gasteiger partial charge in [-0.05, 0) is 50.3 Å². The molecule has 1 fully saturated rings. The number of aromatic nitrogens is 2. The Bertz CT molecular complexity index is 1320. The van der Waals surface area contributed by atoms with Crippen molar-refractivity contribution in [2.75, 3.05) is 26.2 Å². The zero-order chi connectivity index (χ0) is 25.6. The third-order valence-corrected chi connectivity index (χ3v) is 7.52. The largest absolute Gasteiger partial charge is 0.448 e. The van der Waals surface area contributed by atoms with E-state index in [9.17, 15) is 9.59 Å². The van der Waals surface area contributed by atoms with Gasteiger partial charge in [-0.1, -0.05) is 66.3 Å². The van der Waals surface area contributed by atoms with Gasteiger partial charge in [0.2, 0.25) is 0 Å². The number of amides is 1. The summed E-state index contributed by atoms with van der Waals surface area (Å²) in [6.07, 6.45) is 9.90. The highest BCUT2D eigenvalue weighted by molar-refractivity contribution is 5.75. The summed E-state index contributed by atoms with van der Waals surface area (Å²) in [6, 6.07) is 18.4. The van der Waals surface area contributed by atoms with Gasteiger partial charge in [-0.15, -0.1) is 0 Å². The summed E-state index contributed by atoms with van der Waals surface area (Å²) in [4.78, 5) is 32.6. The van der Waals surface area contributed by atoms with Crippen LogP contribution in [0.15, 0.2) is 83.2 Å². The van der Waals surface area contributed by atoms with Gasteiger partial charge in [0.1, 0.15) is 6.61 Å². The molecule has 0 spiro atoms. The summed E-state index contributed by atoms with van der Waals surface area (Å²) >= 11 is 0. The fourth-order valence-corrected chi connectivity index (χ4v) is 5.36. The Morgan fingerprint density at radius 3 is 2.59 bits per heavy atom. The maximum atomic E-state index is 12.9. The first-order chi connectivity index (χ1) is 18.1. The first-order valence-electron chi connectivity index (χ1n) is 13.3. The quantitative estimate of drug-likeness (QED) is 0.457. The van der Waals surface area contributed by atoms with Crippen molar-refractivity contribution in [3.8, 4) is 0 Å². The Labute approximate surface area is 218 Å². The summed E-state index contributed by atoms with van der Waals surface area (Å²) < 4.78 is 7.65. The molecule has 7 heteroatoms. The highest BCUT2D eigenvalue weighted by Crippen LogP contribution is 2.25. The van der Waals surface area contributed by atoms with Gasteiger partial charge in [0.25, 0.3) is 0 Å². The van der Waals surface area contributed by atoms with E-state index in [4.69, 9.17) is 4.74 Å². The summed E-state index contributed by atoms with van der Waals surface area (Å²) in [5, 5.41) is 0. The van der Waals surface area contributed by atoms with Crippen molar-refractivity contribution in [3.63, 3.8) is 0 Å². The Morgan fingerprint density at radius 1 is 1.08 bits per heavy atom. The van der Waals surface area contributed by atoms with Crippen LogP contribution in [0, 0.1) is 0 Å². The lowest BCUT2D eigenvalue weighted by atomic mass is 10.0.